The lowest BCUT2D eigenvalue weighted by atomic mass is 10.1. The summed E-state index contributed by atoms with van der Waals surface area (Å²) in [7, 11) is 0. The molecule has 8 heteroatoms. The average molecular weight is 349 g/mol. The number of pyridine rings is 1. The zero-order valence-corrected chi connectivity index (χ0v) is 13.2. The Kier molecular flexibility index (Phi) is 4.02. The molecule has 2 aromatic rings. The summed E-state index contributed by atoms with van der Waals surface area (Å²) in [4.78, 5) is 37.0. The van der Waals surface area contributed by atoms with Gasteiger partial charge in [-0.25, -0.2) is 4.79 Å². The van der Waals surface area contributed by atoms with Crippen molar-refractivity contribution in [2.24, 2.45) is 0 Å². The number of carboxylic acid groups (broad SMARTS) is 1. The van der Waals surface area contributed by atoms with Crippen molar-refractivity contribution in [2.75, 3.05) is 6.54 Å². The molecule has 0 atom stereocenters. The molecule has 7 nitrogen and oxygen atoms in total. The van der Waals surface area contributed by atoms with Crippen LogP contribution in [0.2, 0.25) is 5.02 Å². The maximum Gasteiger partial charge on any atom is 0.341 e. The lowest BCUT2D eigenvalue weighted by Gasteiger charge is -2.30. The van der Waals surface area contributed by atoms with Gasteiger partial charge in [0.1, 0.15) is 5.56 Å². The first-order chi connectivity index (χ1) is 11.4. The summed E-state index contributed by atoms with van der Waals surface area (Å²) >= 11 is 5.93. The van der Waals surface area contributed by atoms with Gasteiger partial charge in [0.05, 0.1) is 0 Å². The number of benzene rings is 1. The second-order valence-electron chi connectivity index (χ2n) is 5.42. The molecule has 1 aromatic carbocycles. The molecule has 1 aliphatic rings. The van der Waals surface area contributed by atoms with E-state index in [0.717, 1.165) is 11.8 Å². The number of aromatic hydroxyl groups is 1. The van der Waals surface area contributed by atoms with Crippen LogP contribution in [0.25, 0.3) is 0 Å². The first kappa shape index (κ1) is 16.1. The molecule has 0 saturated heterocycles. The molecular formula is C16H13ClN2O5. The van der Waals surface area contributed by atoms with Crippen LogP contribution in [0.1, 0.15) is 26.4 Å². The summed E-state index contributed by atoms with van der Waals surface area (Å²) in [5, 5.41) is 19.5. The number of fused-ring (bicyclic) bond motifs is 1. The molecule has 0 bridgehead atoms. The number of hydrogen-bond donors (Lipinski definition) is 2. The summed E-state index contributed by atoms with van der Waals surface area (Å²) in [6.07, 6.45) is 1.09. The van der Waals surface area contributed by atoms with Crippen molar-refractivity contribution in [3.63, 3.8) is 0 Å². The third-order valence-corrected chi connectivity index (χ3v) is 4.08. The van der Waals surface area contributed by atoms with Gasteiger partial charge in [-0.05, 0) is 17.7 Å². The van der Waals surface area contributed by atoms with E-state index in [1.807, 2.05) is 6.07 Å². The highest BCUT2D eigenvalue weighted by atomic mass is 35.5. The number of amides is 1. The van der Waals surface area contributed by atoms with Crippen LogP contribution in [0.5, 0.6) is 5.75 Å². The summed E-state index contributed by atoms with van der Waals surface area (Å²) < 4.78 is 1.30. The number of aromatic nitrogens is 1. The molecule has 0 unspecified atom stereocenters. The van der Waals surface area contributed by atoms with E-state index in [0.29, 0.717) is 11.6 Å². The Morgan fingerprint density at radius 1 is 1.25 bits per heavy atom. The number of hydrogen-bond acceptors (Lipinski definition) is 4. The Balaban J connectivity index is 1.97. The fraction of sp³-hybridized carbons (Fsp3) is 0.188. The lowest BCUT2D eigenvalue weighted by molar-refractivity contribution is 0.0663. The minimum atomic E-state index is -1.44. The number of carbonyl (C=O) groups excluding carboxylic acids is 1. The van der Waals surface area contributed by atoms with Gasteiger partial charge in [-0.3, -0.25) is 9.59 Å². The number of nitrogens with zero attached hydrogens (tertiary/aromatic N) is 2. The molecular weight excluding hydrogens is 336 g/mol. The maximum atomic E-state index is 12.6. The number of carbonyl (C=O) groups is 2. The van der Waals surface area contributed by atoms with E-state index in [-0.39, 0.29) is 18.8 Å². The summed E-state index contributed by atoms with van der Waals surface area (Å²) in [5.74, 6) is -2.82. The van der Waals surface area contributed by atoms with Crippen molar-refractivity contribution in [1.29, 1.82) is 0 Å². The van der Waals surface area contributed by atoms with Crippen molar-refractivity contribution in [3.05, 3.63) is 62.5 Å². The van der Waals surface area contributed by atoms with E-state index in [1.54, 1.807) is 18.2 Å². The van der Waals surface area contributed by atoms with Crippen molar-refractivity contribution in [1.82, 2.24) is 9.47 Å². The van der Waals surface area contributed by atoms with E-state index >= 15 is 0 Å². The maximum absolute atomic E-state index is 12.6. The Morgan fingerprint density at radius 2 is 2.00 bits per heavy atom. The monoisotopic (exact) mass is 348 g/mol. The number of rotatable bonds is 3. The highest BCUT2D eigenvalue weighted by Crippen LogP contribution is 2.22. The van der Waals surface area contributed by atoms with Crippen LogP contribution in [-0.4, -0.2) is 38.1 Å². The molecule has 2 heterocycles. The standard InChI is InChI=1S/C16H13ClN2O5/c17-10-3-1-2-9(6-10)7-19-5-4-18-8-11(16(23)24)13(20)14(21)12(18)15(19)22/h1-3,6,8,21H,4-5,7H2,(H,23,24). The van der Waals surface area contributed by atoms with E-state index in [2.05, 4.69) is 0 Å². The van der Waals surface area contributed by atoms with Crippen molar-refractivity contribution < 1.29 is 19.8 Å². The zero-order valence-electron chi connectivity index (χ0n) is 12.4. The molecule has 1 amide bonds. The first-order valence-electron chi connectivity index (χ1n) is 7.12. The highest BCUT2D eigenvalue weighted by molar-refractivity contribution is 6.30. The van der Waals surface area contributed by atoms with Crippen LogP contribution in [-0.2, 0) is 13.1 Å². The number of carboxylic acids is 1. The number of aromatic carboxylic acids is 1. The minimum Gasteiger partial charge on any atom is -0.503 e. The van der Waals surface area contributed by atoms with Crippen LogP contribution < -0.4 is 5.43 Å². The van der Waals surface area contributed by atoms with Crippen molar-refractivity contribution >= 4 is 23.5 Å². The van der Waals surface area contributed by atoms with Gasteiger partial charge >= 0.3 is 5.97 Å². The highest BCUT2D eigenvalue weighted by Gasteiger charge is 2.30. The van der Waals surface area contributed by atoms with Gasteiger partial charge in [0.25, 0.3) is 5.91 Å². The predicted molar refractivity (Wildman–Crippen MR) is 85.5 cm³/mol. The van der Waals surface area contributed by atoms with Crippen LogP contribution in [0.15, 0.2) is 35.3 Å². The topological polar surface area (TPSA) is 99.8 Å². The van der Waals surface area contributed by atoms with Gasteiger partial charge in [-0.2, -0.15) is 0 Å². The second kappa shape index (κ2) is 6.01. The zero-order chi connectivity index (χ0) is 17.4. The largest absolute Gasteiger partial charge is 0.503 e. The van der Waals surface area contributed by atoms with Crippen molar-refractivity contribution in [2.45, 2.75) is 13.1 Å². The van der Waals surface area contributed by atoms with Gasteiger partial charge in [0, 0.05) is 30.9 Å². The lowest BCUT2D eigenvalue weighted by Crippen LogP contribution is -2.41. The fourth-order valence-electron chi connectivity index (χ4n) is 2.69. The normalized spacial score (nSPS) is 13.7. The van der Waals surface area contributed by atoms with E-state index < -0.39 is 28.6 Å². The Bertz CT molecular complexity index is 906. The third kappa shape index (κ3) is 2.74. The van der Waals surface area contributed by atoms with Crippen LogP contribution in [0.4, 0.5) is 0 Å². The molecule has 0 fully saturated rings. The minimum absolute atomic E-state index is 0.196. The summed E-state index contributed by atoms with van der Waals surface area (Å²) in [6, 6.07) is 7.02. The molecule has 2 N–H and O–H groups in total. The molecule has 1 aliphatic heterocycles. The Hall–Kier alpha value is -2.80. The molecule has 124 valence electrons. The molecule has 1 aromatic heterocycles. The second-order valence-corrected chi connectivity index (χ2v) is 5.86. The SMILES string of the molecule is O=C(O)c1cn2c(c(O)c1=O)C(=O)N(Cc1cccc(Cl)c1)CC2. The van der Waals surface area contributed by atoms with Gasteiger partial charge in [0.15, 0.2) is 11.4 Å². The van der Waals surface area contributed by atoms with E-state index in [1.165, 1.54) is 9.47 Å². The quantitative estimate of drug-likeness (QED) is 0.876. The molecule has 0 radical (unpaired) electrons. The smallest absolute Gasteiger partial charge is 0.341 e. The van der Waals surface area contributed by atoms with Crippen molar-refractivity contribution in [3.8, 4) is 5.75 Å². The Labute approximate surface area is 141 Å². The molecule has 24 heavy (non-hydrogen) atoms. The summed E-state index contributed by atoms with van der Waals surface area (Å²) in [5.41, 5.74) is -1.01. The molecule has 0 saturated carbocycles. The van der Waals surface area contributed by atoms with Gasteiger partial charge in [-0.1, -0.05) is 23.7 Å². The first-order valence-corrected chi connectivity index (χ1v) is 7.49. The molecule has 3 rings (SSSR count). The summed E-state index contributed by atoms with van der Waals surface area (Å²) in [6.45, 7) is 0.864. The van der Waals surface area contributed by atoms with E-state index in [9.17, 15) is 19.5 Å². The van der Waals surface area contributed by atoms with Crippen LogP contribution in [0.3, 0.4) is 0 Å². The molecule has 0 spiro atoms. The predicted octanol–water partition coefficient (Wildman–Crippen LogP) is 1.56. The fourth-order valence-corrected chi connectivity index (χ4v) is 2.90. The molecule has 0 aliphatic carbocycles. The van der Waals surface area contributed by atoms with Gasteiger partial charge < -0.3 is 19.7 Å². The van der Waals surface area contributed by atoms with Crippen LogP contribution >= 0.6 is 11.6 Å². The van der Waals surface area contributed by atoms with Crippen LogP contribution in [0, 0.1) is 0 Å². The average Bonchev–Trinajstić information content (AvgIpc) is 2.53. The van der Waals surface area contributed by atoms with Gasteiger partial charge in [0.2, 0.25) is 5.43 Å². The number of halogens is 1. The Morgan fingerprint density at radius 3 is 2.67 bits per heavy atom. The van der Waals surface area contributed by atoms with E-state index in [4.69, 9.17) is 16.7 Å². The van der Waals surface area contributed by atoms with Gasteiger partial charge in [-0.15, -0.1) is 0 Å². The third-order valence-electron chi connectivity index (χ3n) is 3.85.